The van der Waals surface area contributed by atoms with Gasteiger partial charge in [0.15, 0.2) is 11.2 Å². The first-order chi connectivity index (χ1) is 15.2. The summed E-state index contributed by atoms with van der Waals surface area (Å²) in [5.41, 5.74) is 7.52. The van der Waals surface area contributed by atoms with Crippen molar-refractivity contribution in [1.82, 2.24) is 18.7 Å². The van der Waals surface area contributed by atoms with Gasteiger partial charge in [-0.05, 0) is 32.4 Å². The molecule has 9 nitrogen and oxygen atoms in total. The van der Waals surface area contributed by atoms with Crippen molar-refractivity contribution in [2.75, 3.05) is 18.5 Å². The van der Waals surface area contributed by atoms with Crippen LogP contribution in [0.1, 0.15) is 30.5 Å². The fourth-order valence-corrected chi connectivity index (χ4v) is 3.75. The van der Waals surface area contributed by atoms with Gasteiger partial charge in [0.25, 0.3) is 5.56 Å². The van der Waals surface area contributed by atoms with Crippen molar-refractivity contribution >= 4 is 17.1 Å². The Morgan fingerprint density at radius 3 is 2.62 bits per heavy atom. The van der Waals surface area contributed by atoms with Crippen LogP contribution in [0, 0.1) is 30.1 Å². The third-order valence-corrected chi connectivity index (χ3v) is 5.24. The molecule has 166 valence electrons. The number of aryl methyl sites for hydroxylation is 2. The highest BCUT2D eigenvalue weighted by atomic mass is 16.2. The second-order valence-electron chi connectivity index (χ2n) is 7.96. The van der Waals surface area contributed by atoms with Gasteiger partial charge < -0.3 is 10.6 Å². The van der Waals surface area contributed by atoms with E-state index in [1.54, 1.807) is 24.6 Å². The highest BCUT2D eigenvalue weighted by molar-refractivity contribution is 5.74. The molecule has 0 saturated carbocycles. The maximum absolute atomic E-state index is 13.5. The summed E-state index contributed by atoms with van der Waals surface area (Å²) in [6.07, 6.45) is 0. The molecule has 2 heterocycles. The molecule has 9 heteroatoms. The standard InChI is InChI=1S/C23H27N7O2/c1-6-7-10-29-19-20(26-22(29)27(4)13-16(3)25)28(5)23(32)30(21(19)31)14-18-11-15(2)8-9-17(18)12-24/h8-9,11,16H,10,13-14,25H2,1-5H3/t16-/m0/s1. The Bertz CT molecular complexity index is 1390. The molecule has 0 saturated heterocycles. The average molecular weight is 434 g/mol. The lowest BCUT2D eigenvalue weighted by Gasteiger charge is -2.20. The number of fused-ring (bicyclic) bond motifs is 1. The zero-order valence-electron chi connectivity index (χ0n) is 19.0. The Morgan fingerprint density at radius 1 is 1.28 bits per heavy atom. The second-order valence-corrected chi connectivity index (χ2v) is 7.96. The Kier molecular flexibility index (Phi) is 6.52. The number of benzene rings is 1. The van der Waals surface area contributed by atoms with Gasteiger partial charge >= 0.3 is 5.69 Å². The van der Waals surface area contributed by atoms with E-state index in [2.05, 4.69) is 22.9 Å². The van der Waals surface area contributed by atoms with E-state index in [0.717, 1.165) is 10.1 Å². The molecule has 0 aliphatic heterocycles. The predicted octanol–water partition coefficient (Wildman–Crippen LogP) is 0.932. The van der Waals surface area contributed by atoms with Gasteiger partial charge in [-0.15, -0.1) is 5.92 Å². The van der Waals surface area contributed by atoms with Gasteiger partial charge in [-0.3, -0.25) is 18.5 Å². The number of rotatable bonds is 6. The molecule has 32 heavy (non-hydrogen) atoms. The summed E-state index contributed by atoms with van der Waals surface area (Å²) in [5, 5.41) is 9.46. The summed E-state index contributed by atoms with van der Waals surface area (Å²) in [4.78, 5) is 33.1. The van der Waals surface area contributed by atoms with E-state index >= 15 is 0 Å². The molecule has 0 fully saturated rings. The van der Waals surface area contributed by atoms with Crippen molar-refractivity contribution in [3.63, 3.8) is 0 Å². The van der Waals surface area contributed by atoms with Crippen molar-refractivity contribution in [2.45, 2.75) is 39.9 Å². The summed E-state index contributed by atoms with van der Waals surface area (Å²) in [6.45, 7) is 6.24. The number of anilines is 1. The molecule has 1 atom stereocenters. The van der Waals surface area contributed by atoms with E-state index in [9.17, 15) is 14.9 Å². The SMILES string of the molecule is CC#CCn1c(N(C)C[C@H](C)N)nc2c1c(=O)n(Cc1cc(C)ccc1C#N)c(=O)n2C. The Morgan fingerprint density at radius 2 is 2.00 bits per heavy atom. The van der Waals surface area contributed by atoms with Crippen molar-refractivity contribution in [3.05, 3.63) is 55.7 Å². The Balaban J connectivity index is 2.30. The summed E-state index contributed by atoms with van der Waals surface area (Å²) < 4.78 is 4.22. The minimum atomic E-state index is -0.500. The molecule has 3 rings (SSSR count). The van der Waals surface area contributed by atoms with Crippen LogP contribution in [0.5, 0.6) is 0 Å². The van der Waals surface area contributed by atoms with Gasteiger partial charge in [-0.2, -0.15) is 10.2 Å². The summed E-state index contributed by atoms with van der Waals surface area (Å²) in [7, 11) is 3.42. The number of nitrogens with two attached hydrogens (primary N) is 1. The molecule has 0 spiro atoms. The van der Waals surface area contributed by atoms with Crippen LogP contribution in [-0.4, -0.2) is 38.3 Å². The molecule has 0 aliphatic carbocycles. The molecule has 0 unspecified atom stereocenters. The van der Waals surface area contributed by atoms with Gasteiger partial charge in [-0.1, -0.05) is 23.6 Å². The van der Waals surface area contributed by atoms with Crippen LogP contribution < -0.4 is 21.9 Å². The zero-order chi connectivity index (χ0) is 23.6. The first-order valence-electron chi connectivity index (χ1n) is 10.3. The molecule has 0 aliphatic rings. The van der Waals surface area contributed by atoms with E-state index in [-0.39, 0.29) is 30.3 Å². The van der Waals surface area contributed by atoms with Gasteiger partial charge in [0.2, 0.25) is 5.95 Å². The van der Waals surface area contributed by atoms with Crippen molar-refractivity contribution in [1.29, 1.82) is 5.26 Å². The number of nitriles is 1. The maximum atomic E-state index is 13.5. The van der Waals surface area contributed by atoms with Gasteiger partial charge in [0, 0.05) is 26.7 Å². The van der Waals surface area contributed by atoms with Crippen LogP contribution in [0.4, 0.5) is 5.95 Å². The lowest BCUT2D eigenvalue weighted by atomic mass is 10.1. The molecule has 0 amide bonds. The van der Waals surface area contributed by atoms with Gasteiger partial charge in [-0.25, -0.2) is 4.79 Å². The van der Waals surface area contributed by atoms with E-state index in [0.29, 0.717) is 23.6 Å². The molecule has 2 aromatic heterocycles. The fourth-order valence-electron chi connectivity index (χ4n) is 3.75. The quantitative estimate of drug-likeness (QED) is 0.579. The highest BCUT2D eigenvalue weighted by Crippen LogP contribution is 2.19. The van der Waals surface area contributed by atoms with Crippen LogP contribution in [-0.2, 0) is 20.1 Å². The maximum Gasteiger partial charge on any atom is 0.332 e. The van der Waals surface area contributed by atoms with Gasteiger partial charge in [0.05, 0.1) is 24.7 Å². The van der Waals surface area contributed by atoms with E-state index in [1.807, 2.05) is 37.9 Å². The second kappa shape index (κ2) is 9.13. The monoisotopic (exact) mass is 433 g/mol. The first kappa shape index (κ1) is 22.9. The average Bonchev–Trinajstić information content (AvgIpc) is 3.13. The summed E-state index contributed by atoms with van der Waals surface area (Å²) in [6, 6.07) is 7.35. The van der Waals surface area contributed by atoms with Crippen molar-refractivity contribution in [3.8, 4) is 17.9 Å². The van der Waals surface area contributed by atoms with Crippen LogP contribution >= 0.6 is 0 Å². The first-order valence-corrected chi connectivity index (χ1v) is 10.3. The number of likely N-dealkylation sites (N-methyl/N-ethyl adjacent to an activating group) is 1. The highest BCUT2D eigenvalue weighted by Gasteiger charge is 2.22. The molecular weight excluding hydrogens is 406 g/mol. The lowest BCUT2D eigenvalue weighted by Crippen LogP contribution is -2.40. The number of aromatic nitrogens is 4. The Labute approximate surface area is 186 Å². The number of nitrogens with zero attached hydrogens (tertiary/aromatic N) is 6. The van der Waals surface area contributed by atoms with Crippen LogP contribution in [0.2, 0.25) is 0 Å². The van der Waals surface area contributed by atoms with Crippen LogP contribution in [0.25, 0.3) is 11.2 Å². The Hall–Kier alpha value is -3.82. The third-order valence-electron chi connectivity index (χ3n) is 5.24. The van der Waals surface area contributed by atoms with Gasteiger partial charge in [0.1, 0.15) is 0 Å². The minimum absolute atomic E-state index is 0.0122. The van der Waals surface area contributed by atoms with E-state index in [1.165, 1.54) is 4.57 Å². The predicted molar refractivity (Wildman–Crippen MR) is 125 cm³/mol. The number of imidazole rings is 1. The van der Waals surface area contributed by atoms with Crippen LogP contribution in [0.3, 0.4) is 0 Å². The number of hydrogen-bond donors (Lipinski definition) is 1. The zero-order valence-corrected chi connectivity index (χ0v) is 19.0. The third kappa shape index (κ3) is 4.16. The van der Waals surface area contributed by atoms with E-state index < -0.39 is 11.2 Å². The van der Waals surface area contributed by atoms with Crippen molar-refractivity contribution < 1.29 is 0 Å². The van der Waals surface area contributed by atoms with E-state index in [4.69, 9.17) is 5.73 Å². The molecule has 1 aromatic carbocycles. The summed E-state index contributed by atoms with van der Waals surface area (Å²) >= 11 is 0. The van der Waals surface area contributed by atoms with Crippen molar-refractivity contribution in [2.24, 2.45) is 12.8 Å². The van der Waals surface area contributed by atoms with Crippen LogP contribution in [0.15, 0.2) is 27.8 Å². The minimum Gasteiger partial charge on any atom is -0.344 e. The largest absolute Gasteiger partial charge is 0.344 e. The molecule has 0 radical (unpaired) electrons. The molecule has 2 N–H and O–H groups in total. The fraction of sp³-hybridized carbons (Fsp3) is 0.391. The smallest absolute Gasteiger partial charge is 0.332 e. The topological polar surface area (TPSA) is 115 Å². The molecule has 3 aromatic rings. The summed E-state index contributed by atoms with van der Waals surface area (Å²) in [5.74, 6) is 6.34. The lowest BCUT2D eigenvalue weighted by molar-refractivity contribution is 0.652. The molecule has 0 bridgehead atoms. The molecular formula is C23H27N7O2. The normalized spacial score (nSPS) is 11.7. The number of hydrogen-bond acceptors (Lipinski definition) is 6.